The van der Waals surface area contributed by atoms with Crippen molar-refractivity contribution in [3.63, 3.8) is 0 Å². The molecule has 1 fully saturated rings. The van der Waals surface area contributed by atoms with Gasteiger partial charge in [0.2, 0.25) is 0 Å². The lowest BCUT2D eigenvalue weighted by Gasteiger charge is -2.28. The van der Waals surface area contributed by atoms with Gasteiger partial charge < -0.3 is 24.4 Å². The number of benzene rings is 2. The van der Waals surface area contributed by atoms with E-state index in [1.165, 1.54) is 7.11 Å². The minimum atomic E-state index is -0.241. The number of hydrogen-bond donors (Lipinski definition) is 1. The van der Waals surface area contributed by atoms with Crippen LogP contribution in [0.2, 0.25) is 0 Å². The zero-order valence-electron chi connectivity index (χ0n) is 14.5. The van der Waals surface area contributed by atoms with Crippen LogP contribution in [-0.4, -0.2) is 46.4 Å². The van der Waals surface area contributed by atoms with Crippen LogP contribution in [0.25, 0.3) is 0 Å². The molecular formula is C19H22N2O4. The molecule has 1 aliphatic heterocycles. The highest BCUT2D eigenvalue weighted by Gasteiger charge is 2.15. The molecule has 3 rings (SSSR count). The maximum Gasteiger partial charge on any atom is 0.259 e. The van der Waals surface area contributed by atoms with Gasteiger partial charge in [0.05, 0.1) is 33.0 Å². The Morgan fingerprint density at radius 2 is 1.76 bits per heavy atom. The number of nitrogens with zero attached hydrogens (tertiary/aromatic N) is 1. The van der Waals surface area contributed by atoms with E-state index < -0.39 is 0 Å². The van der Waals surface area contributed by atoms with E-state index in [4.69, 9.17) is 14.2 Å². The van der Waals surface area contributed by atoms with Gasteiger partial charge in [-0.25, -0.2) is 0 Å². The van der Waals surface area contributed by atoms with Crippen molar-refractivity contribution < 1.29 is 19.0 Å². The predicted molar refractivity (Wildman–Crippen MR) is 97.0 cm³/mol. The van der Waals surface area contributed by atoms with E-state index in [9.17, 15) is 4.79 Å². The molecule has 25 heavy (non-hydrogen) atoms. The van der Waals surface area contributed by atoms with Gasteiger partial charge in [0, 0.05) is 24.5 Å². The summed E-state index contributed by atoms with van der Waals surface area (Å²) < 4.78 is 15.8. The minimum absolute atomic E-state index is 0.241. The average molecular weight is 342 g/mol. The molecular weight excluding hydrogens is 320 g/mol. The highest BCUT2D eigenvalue weighted by molar-refractivity contribution is 6.06. The normalized spacial score (nSPS) is 14.1. The number of morpholine rings is 1. The van der Waals surface area contributed by atoms with Crippen molar-refractivity contribution in [1.29, 1.82) is 0 Å². The highest BCUT2D eigenvalue weighted by Crippen LogP contribution is 2.25. The summed E-state index contributed by atoms with van der Waals surface area (Å²) in [4.78, 5) is 14.8. The number of carbonyl (C=O) groups excluding carboxylic acids is 1. The zero-order valence-corrected chi connectivity index (χ0v) is 14.5. The first-order valence-electron chi connectivity index (χ1n) is 8.17. The number of ether oxygens (including phenoxy) is 3. The minimum Gasteiger partial charge on any atom is -0.497 e. The van der Waals surface area contributed by atoms with E-state index in [0.29, 0.717) is 17.1 Å². The molecule has 1 saturated heterocycles. The van der Waals surface area contributed by atoms with Crippen LogP contribution < -0.4 is 19.7 Å². The Kier molecular flexibility index (Phi) is 5.40. The molecule has 132 valence electrons. The largest absolute Gasteiger partial charge is 0.497 e. The quantitative estimate of drug-likeness (QED) is 0.905. The van der Waals surface area contributed by atoms with Gasteiger partial charge in [0.1, 0.15) is 11.5 Å². The van der Waals surface area contributed by atoms with Crippen molar-refractivity contribution in [3.05, 3.63) is 48.0 Å². The second-order valence-electron chi connectivity index (χ2n) is 5.67. The molecule has 1 heterocycles. The Hall–Kier alpha value is -2.73. The van der Waals surface area contributed by atoms with Crippen LogP contribution in [0.4, 0.5) is 11.4 Å². The third-order valence-electron chi connectivity index (χ3n) is 4.15. The fraction of sp³-hybridized carbons (Fsp3) is 0.316. The molecule has 2 aromatic carbocycles. The third kappa shape index (κ3) is 4.03. The number of amides is 1. The van der Waals surface area contributed by atoms with Crippen LogP contribution >= 0.6 is 0 Å². The van der Waals surface area contributed by atoms with E-state index in [1.807, 2.05) is 24.3 Å². The maximum atomic E-state index is 12.6. The summed E-state index contributed by atoms with van der Waals surface area (Å²) in [7, 11) is 3.10. The highest BCUT2D eigenvalue weighted by atomic mass is 16.5. The van der Waals surface area contributed by atoms with Crippen molar-refractivity contribution in [2.45, 2.75) is 0 Å². The van der Waals surface area contributed by atoms with Crippen LogP contribution in [0.15, 0.2) is 42.5 Å². The van der Waals surface area contributed by atoms with Gasteiger partial charge in [-0.05, 0) is 42.5 Å². The summed E-state index contributed by atoms with van der Waals surface area (Å²) in [5.41, 5.74) is 2.28. The number of hydrogen-bond acceptors (Lipinski definition) is 5. The first kappa shape index (κ1) is 17.1. The maximum absolute atomic E-state index is 12.6. The summed E-state index contributed by atoms with van der Waals surface area (Å²) in [5.74, 6) is 0.867. The van der Waals surface area contributed by atoms with Crippen LogP contribution in [0, 0.1) is 0 Å². The molecule has 0 aromatic heterocycles. The van der Waals surface area contributed by atoms with Gasteiger partial charge >= 0.3 is 0 Å². The number of anilines is 2. The standard InChI is InChI=1S/C19H22N2O4/c1-23-16-7-8-18(24-2)17(13-16)19(22)20-14-3-5-15(6-4-14)21-9-11-25-12-10-21/h3-8,13H,9-12H2,1-2H3,(H,20,22). The van der Waals surface area contributed by atoms with Crippen molar-refractivity contribution in [1.82, 2.24) is 0 Å². The van der Waals surface area contributed by atoms with Crippen molar-refractivity contribution in [3.8, 4) is 11.5 Å². The van der Waals surface area contributed by atoms with E-state index in [1.54, 1.807) is 25.3 Å². The second-order valence-corrected chi connectivity index (χ2v) is 5.67. The first-order valence-corrected chi connectivity index (χ1v) is 8.17. The van der Waals surface area contributed by atoms with Crippen molar-refractivity contribution in [2.24, 2.45) is 0 Å². The van der Waals surface area contributed by atoms with Gasteiger partial charge in [-0.1, -0.05) is 0 Å². The average Bonchev–Trinajstić information content (AvgIpc) is 2.68. The Morgan fingerprint density at radius 3 is 2.40 bits per heavy atom. The molecule has 0 radical (unpaired) electrons. The van der Waals surface area contributed by atoms with Crippen LogP contribution in [0.5, 0.6) is 11.5 Å². The summed E-state index contributed by atoms with van der Waals surface area (Å²) in [6.07, 6.45) is 0. The Balaban J connectivity index is 1.72. The Morgan fingerprint density at radius 1 is 1.04 bits per heavy atom. The first-order chi connectivity index (χ1) is 12.2. The van der Waals surface area contributed by atoms with Crippen LogP contribution in [0.1, 0.15) is 10.4 Å². The number of carbonyl (C=O) groups is 1. The summed E-state index contributed by atoms with van der Waals surface area (Å²) in [6.45, 7) is 3.25. The fourth-order valence-corrected chi connectivity index (χ4v) is 2.77. The van der Waals surface area contributed by atoms with E-state index in [-0.39, 0.29) is 5.91 Å². The van der Waals surface area contributed by atoms with Crippen LogP contribution in [0.3, 0.4) is 0 Å². The van der Waals surface area contributed by atoms with Gasteiger partial charge in [-0.3, -0.25) is 4.79 Å². The summed E-state index contributed by atoms with van der Waals surface area (Å²) in [6, 6.07) is 12.9. The monoisotopic (exact) mass is 342 g/mol. The molecule has 1 amide bonds. The fourth-order valence-electron chi connectivity index (χ4n) is 2.77. The molecule has 0 atom stereocenters. The number of rotatable bonds is 5. The molecule has 0 bridgehead atoms. The van der Waals surface area contributed by atoms with Gasteiger partial charge in [-0.2, -0.15) is 0 Å². The molecule has 2 aromatic rings. The van der Waals surface area contributed by atoms with E-state index in [0.717, 1.165) is 37.7 Å². The molecule has 1 aliphatic rings. The topological polar surface area (TPSA) is 60.0 Å². The van der Waals surface area contributed by atoms with E-state index >= 15 is 0 Å². The second kappa shape index (κ2) is 7.90. The molecule has 0 unspecified atom stereocenters. The molecule has 0 aliphatic carbocycles. The predicted octanol–water partition coefficient (Wildman–Crippen LogP) is 2.79. The van der Waals surface area contributed by atoms with Crippen molar-refractivity contribution in [2.75, 3.05) is 50.7 Å². The van der Waals surface area contributed by atoms with Gasteiger partial charge in [-0.15, -0.1) is 0 Å². The molecule has 6 nitrogen and oxygen atoms in total. The number of methoxy groups -OCH3 is 2. The lowest BCUT2D eigenvalue weighted by atomic mass is 10.1. The Bertz CT molecular complexity index is 725. The Labute approximate surface area is 147 Å². The summed E-state index contributed by atoms with van der Waals surface area (Å²) >= 11 is 0. The van der Waals surface area contributed by atoms with Gasteiger partial charge in [0.15, 0.2) is 0 Å². The van der Waals surface area contributed by atoms with Gasteiger partial charge in [0.25, 0.3) is 5.91 Å². The molecule has 6 heteroatoms. The number of nitrogens with one attached hydrogen (secondary N) is 1. The summed E-state index contributed by atoms with van der Waals surface area (Å²) in [5, 5.41) is 2.90. The lowest BCUT2D eigenvalue weighted by Crippen LogP contribution is -2.36. The SMILES string of the molecule is COc1ccc(OC)c(C(=O)Nc2ccc(N3CCOCC3)cc2)c1. The smallest absolute Gasteiger partial charge is 0.259 e. The molecule has 1 N–H and O–H groups in total. The van der Waals surface area contributed by atoms with Crippen molar-refractivity contribution >= 4 is 17.3 Å². The third-order valence-corrected chi connectivity index (χ3v) is 4.15. The molecule has 0 spiro atoms. The van der Waals surface area contributed by atoms with Crippen LogP contribution in [-0.2, 0) is 4.74 Å². The zero-order chi connectivity index (χ0) is 17.6. The molecule has 0 saturated carbocycles. The lowest BCUT2D eigenvalue weighted by molar-refractivity contribution is 0.102. The van der Waals surface area contributed by atoms with E-state index in [2.05, 4.69) is 10.2 Å².